The minimum absolute atomic E-state index is 0.186. The second kappa shape index (κ2) is 3.25. The average molecular weight is 160 g/mol. The average Bonchev–Trinajstić information content (AvgIpc) is 2.13. The molecular weight excluding hydrogens is 148 g/mol. The Hall–Kier alpha value is -0.220. The molecule has 1 unspecified atom stereocenters. The summed E-state index contributed by atoms with van der Waals surface area (Å²) >= 11 is 4.20. The van der Waals surface area contributed by atoms with Crippen LogP contribution < -0.4 is 5.73 Å². The van der Waals surface area contributed by atoms with E-state index in [-0.39, 0.29) is 11.2 Å². The summed E-state index contributed by atoms with van der Waals surface area (Å²) in [6.45, 7) is 1.99. The van der Waals surface area contributed by atoms with E-state index in [9.17, 15) is 4.79 Å². The Kier molecular flexibility index (Phi) is 2.56. The fourth-order valence-corrected chi connectivity index (χ4v) is 1.48. The van der Waals surface area contributed by atoms with Gasteiger partial charge in [-0.05, 0) is 0 Å². The Labute approximate surface area is 66.0 Å². The topological polar surface area (TPSA) is 46.3 Å². The molecule has 1 atom stereocenters. The number of amides is 1. The lowest BCUT2D eigenvalue weighted by molar-refractivity contribution is -0.127. The van der Waals surface area contributed by atoms with Crippen LogP contribution in [-0.4, -0.2) is 35.7 Å². The molecule has 1 aliphatic rings. The van der Waals surface area contributed by atoms with Crippen LogP contribution in [-0.2, 0) is 4.79 Å². The zero-order valence-corrected chi connectivity index (χ0v) is 6.68. The van der Waals surface area contributed by atoms with Crippen molar-refractivity contribution >= 4 is 18.5 Å². The highest BCUT2D eigenvalue weighted by Crippen LogP contribution is 2.14. The molecule has 0 aromatic rings. The minimum atomic E-state index is 0.186. The van der Waals surface area contributed by atoms with Gasteiger partial charge in [0.2, 0.25) is 5.91 Å². The van der Waals surface area contributed by atoms with Gasteiger partial charge in [0, 0.05) is 31.3 Å². The third-order valence-corrected chi connectivity index (χ3v) is 1.94. The molecule has 10 heavy (non-hydrogen) atoms. The molecular formula is C6H12N2OS. The quantitative estimate of drug-likeness (QED) is 0.534. The number of rotatable bonds is 2. The van der Waals surface area contributed by atoms with Crippen LogP contribution >= 0.6 is 12.6 Å². The van der Waals surface area contributed by atoms with Crippen molar-refractivity contribution in [3.8, 4) is 0 Å². The van der Waals surface area contributed by atoms with E-state index in [0.29, 0.717) is 19.5 Å². The van der Waals surface area contributed by atoms with E-state index >= 15 is 0 Å². The van der Waals surface area contributed by atoms with Crippen LogP contribution in [0, 0.1) is 0 Å². The Balaban J connectivity index is 2.39. The van der Waals surface area contributed by atoms with Gasteiger partial charge in [-0.25, -0.2) is 0 Å². The molecule has 1 fully saturated rings. The number of likely N-dealkylation sites (tertiary alicyclic amines) is 1. The molecule has 3 nitrogen and oxygen atoms in total. The summed E-state index contributed by atoms with van der Waals surface area (Å²) in [4.78, 5) is 12.8. The number of hydrogen-bond donors (Lipinski definition) is 2. The molecule has 1 rings (SSSR count). The van der Waals surface area contributed by atoms with Crippen LogP contribution in [0.2, 0.25) is 0 Å². The summed E-state index contributed by atoms with van der Waals surface area (Å²) in [6, 6.07) is 0. The number of thiol groups is 1. The lowest BCUT2D eigenvalue weighted by Crippen LogP contribution is -2.30. The van der Waals surface area contributed by atoms with Gasteiger partial charge in [-0.15, -0.1) is 0 Å². The summed E-state index contributed by atoms with van der Waals surface area (Å²) in [5.41, 5.74) is 5.30. The van der Waals surface area contributed by atoms with Gasteiger partial charge in [-0.3, -0.25) is 4.79 Å². The van der Waals surface area contributed by atoms with E-state index in [0.717, 1.165) is 6.54 Å². The Morgan fingerprint density at radius 2 is 2.50 bits per heavy atom. The third kappa shape index (κ3) is 1.64. The van der Waals surface area contributed by atoms with Gasteiger partial charge >= 0.3 is 0 Å². The van der Waals surface area contributed by atoms with Gasteiger partial charge in [0.05, 0.1) is 0 Å². The first-order valence-corrected chi connectivity index (χ1v) is 3.91. The summed E-state index contributed by atoms with van der Waals surface area (Å²) in [6.07, 6.45) is 0.573. The maximum Gasteiger partial charge on any atom is 0.223 e. The van der Waals surface area contributed by atoms with E-state index in [1.807, 2.05) is 0 Å². The van der Waals surface area contributed by atoms with E-state index < -0.39 is 0 Å². The van der Waals surface area contributed by atoms with Gasteiger partial charge < -0.3 is 10.6 Å². The second-order valence-corrected chi connectivity index (χ2v) is 3.22. The Morgan fingerprint density at radius 1 is 1.80 bits per heavy atom. The lowest BCUT2D eigenvalue weighted by Gasteiger charge is -2.13. The molecule has 4 heteroatoms. The molecule has 0 saturated carbocycles. The second-order valence-electron chi connectivity index (χ2n) is 2.49. The largest absolute Gasteiger partial charge is 0.340 e. The van der Waals surface area contributed by atoms with E-state index in [1.54, 1.807) is 4.90 Å². The van der Waals surface area contributed by atoms with E-state index in [4.69, 9.17) is 5.73 Å². The number of nitrogens with zero attached hydrogens (tertiary/aromatic N) is 1. The fraction of sp³-hybridized carbons (Fsp3) is 0.833. The monoisotopic (exact) mass is 160 g/mol. The molecule has 1 heterocycles. The number of carbonyl (C=O) groups excluding carboxylic acids is 1. The van der Waals surface area contributed by atoms with Crippen molar-refractivity contribution in [2.24, 2.45) is 5.73 Å². The molecule has 0 aromatic heterocycles. The summed E-state index contributed by atoms with van der Waals surface area (Å²) in [5, 5.41) is 0.221. The van der Waals surface area contributed by atoms with Crippen molar-refractivity contribution in [2.45, 2.75) is 11.7 Å². The van der Waals surface area contributed by atoms with Gasteiger partial charge in [0.25, 0.3) is 0 Å². The highest BCUT2D eigenvalue weighted by atomic mass is 32.1. The summed E-state index contributed by atoms with van der Waals surface area (Å²) < 4.78 is 0. The molecule has 0 radical (unpaired) electrons. The highest BCUT2D eigenvalue weighted by Gasteiger charge is 2.25. The van der Waals surface area contributed by atoms with E-state index in [2.05, 4.69) is 12.6 Å². The first kappa shape index (κ1) is 7.88. The molecule has 1 saturated heterocycles. The highest BCUT2D eigenvalue weighted by molar-refractivity contribution is 7.81. The van der Waals surface area contributed by atoms with Crippen molar-refractivity contribution in [2.75, 3.05) is 19.6 Å². The molecule has 1 amide bonds. The summed E-state index contributed by atoms with van der Waals surface area (Å²) in [7, 11) is 0. The van der Waals surface area contributed by atoms with Crippen LogP contribution in [0.5, 0.6) is 0 Å². The van der Waals surface area contributed by atoms with Crippen LogP contribution in [0.25, 0.3) is 0 Å². The fourth-order valence-electron chi connectivity index (χ4n) is 1.12. The Bertz CT molecular complexity index is 140. The predicted octanol–water partition coefficient (Wildman–Crippen LogP) is -0.524. The molecule has 0 spiro atoms. The zero-order valence-electron chi connectivity index (χ0n) is 5.79. The minimum Gasteiger partial charge on any atom is -0.340 e. The smallest absolute Gasteiger partial charge is 0.223 e. The number of hydrogen-bond acceptors (Lipinski definition) is 3. The predicted molar refractivity (Wildman–Crippen MR) is 43.0 cm³/mol. The summed E-state index contributed by atoms with van der Waals surface area (Å²) in [5.74, 6) is 0.186. The van der Waals surface area contributed by atoms with Crippen molar-refractivity contribution in [3.05, 3.63) is 0 Å². The van der Waals surface area contributed by atoms with Crippen LogP contribution in [0.1, 0.15) is 6.42 Å². The van der Waals surface area contributed by atoms with Gasteiger partial charge in [-0.2, -0.15) is 12.6 Å². The molecule has 0 bridgehead atoms. The first-order valence-electron chi connectivity index (χ1n) is 3.40. The van der Waals surface area contributed by atoms with E-state index in [1.165, 1.54) is 0 Å². The number of carbonyl (C=O) groups is 1. The van der Waals surface area contributed by atoms with Crippen LogP contribution in [0.15, 0.2) is 0 Å². The lowest BCUT2D eigenvalue weighted by atomic mass is 10.4. The standard InChI is InChI=1S/C6H12N2OS/c7-1-2-8-4-5(10)3-6(8)9/h5,10H,1-4,7H2. The normalized spacial score (nSPS) is 26.0. The van der Waals surface area contributed by atoms with Crippen molar-refractivity contribution < 1.29 is 4.79 Å². The third-order valence-electron chi connectivity index (χ3n) is 1.59. The van der Waals surface area contributed by atoms with Gasteiger partial charge in [0.15, 0.2) is 0 Å². The molecule has 1 aliphatic heterocycles. The maximum absolute atomic E-state index is 11.0. The van der Waals surface area contributed by atoms with Crippen LogP contribution in [0.3, 0.4) is 0 Å². The molecule has 2 N–H and O–H groups in total. The zero-order chi connectivity index (χ0) is 7.56. The number of nitrogens with two attached hydrogens (primary N) is 1. The molecule has 58 valence electrons. The SMILES string of the molecule is NCCN1CC(S)CC1=O. The van der Waals surface area contributed by atoms with Gasteiger partial charge in [0.1, 0.15) is 0 Å². The van der Waals surface area contributed by atoms with Crippen LogP contribution in [0.4, 0.5) is 0 Å². The van der Waals surface area contributed by atoms with Crippen molar-refractivity contribution in [3.63, 3.8) is 0 Å². The first-order chi connectivity index (χ1) is 4.74. The maximum atomic E-state index is 11.0. The molecule has 0 aromatic carbocycles. The van der Waals surface area contributed by atoms with Crippen molar-refractivity contribution in [1.82, 2.24) is 4.90 Å². The van der Waals surface area contributed by atoms with Crippen molar-refractivity contribution in [1.29, 1.82) is 0 Å². The molecule has 0 aliphatic carbocycles. The van der Waals surface area contributed by atoms with Gasteiger partial charge in [-0.1, -0.05) is 0 Å². The Morgan fingerprint density at radius 3 is 2.90 bits per heavy atom.